The van der Waals surface area contributed by atoms with Gasteiger partial charge in [0, 0.05) is 25.3 Å². The maximum atomic E-state index is 12.8. The van der Waals surface area contributed by atoms with Gasteiger partial charge in [-0.1, -0.05) is 24.3 Å². The maximum absolute atomic E-state index is 12.8. The molecule has 0 fully saturated rings. The Morgan fingerprint density at radius 1 is 1.00 bits per heavy atom. The van der Waals surface area contributed by atoms with E-state index in [9.17, 15) is 18.0 Å². The number of nitrogens with zero attached hydrogens (tertiary/aromatic N) is 1. The molecule has 0 heterocycles. The lowest BCUT2D eigenvalue weighted by molar-refractivity contribution is -0.116. The summed E-state index contributed by atoms with van der Waals surface area (Å²) in [4.78, 5) is 23.4. The summed E-state index contributed by atoms with van der Waals surface area (Å²) in [5, 5.41) is 5.20. The molecule has 2 rings (SSSR count). The topological polar surface area (TPSA) is 95.6 Å². The van der Waals surface area contributed by atoms with Crippen molar-refractivity contribution in [2.45, 2.75) is 18.7 Å². The number of aryl methyl sites for hydroxylation is 1. The van der Waals surface area contributed by atoms with Crippen molar-refractivity contribution in [1.29, 1.82) is 0 Å². The third-order valence-electron chi connectivity index (χ3n) is 3.62. The van der Waals surface area contributed by atoms with Gasteiger partial charge in [-0.3, -0.25) is 9.59 Å². The summed E-state index contributed by atoms with van der Waals surface area (Å²) >= 11 is 0. The van der Waals surface area contributed by atoms with Crippen LogP contribution in [-0.2, 0) is 19.6 Å². The van der Waals surface area contributed by atoms with Crippen LogP contribution in [0.5, 0.6) is 0 Å². The number of benzene rings is 2. The number of sulfonamides is 1. The van der Waals surface area contributed by atoms with Crippen LogP contribution in [0.4, 0.5) is 11.4 Å². The number of carbonyl (C=O) groups is 2. The fraction of sp³-hybridized carbons (Fsp3) is 0.222. The second kappa shape index (κ2) is 8.11. The van der Waals surface area contributed by atoms with E-state index in [1.54, 1.807) is 43.3 Å². The number of amides is 2. The molecule has 2 amide bonds. The van der Waals surface area contributed by atoms with E-state index < -0.39 is 15.9 Å². The Morgan fingerprint density at radius 3 is 2.27 bits per heavy atom. The molecule has 0 aliphatic heterocycles. The molecule has 0 radical (unpaired) electrons. The van der Waals surface area contributed by atoms with Gasteiger partial charge in [0.2, 0.25) is 21.8 Å². The quantitative estimate of drug-likeness (QED) is 0.809. The van der Waals surface area contributed by atoms with Crippen molar-refractivity contribution in [3.05, 3.63) is 54.1 Å². The van der Waals surface area contributed by atoms with E-state index in [4.69, 9.17) is 0 Å². The highest BCUT2D eigenvalue weighted by Crippen LogP contribution is 2.23. The van der Waals surface area contributed by atoms with Gasteiger partial charge in [-0.25, -0.2) is 8.42 Å². The van der Waals surface area contributed by atoms with E-state index >= 15 is 0 Å². The van der Waals surface area contributed by atoms with Crippen molar-refractivity contribution in [3.8, 4) is 0 Å². The summed E-state index contributed by atoms with van der Waals surface area (Å²) < 4.78 is 26.6. The zero-order valence-corrected chi connectivity index (χ0v) is 15.6. The molecule has 0 saturated heterocycles. The average Bonchev–Trinajstić information content (AvgIpc) is 2.56. The van der Waals surface area contributed by atoms with Crippen LogP contribution in [0.1, 0.15) is 12.5 Å². The highest BCUT2D eigenvalue weighted by molar-refractivity contribution is 7.89. The van der Waals surface area contributed by atoms with Gasteiger partial charge < -0.3 is 10.6 Å². The second-order valence-corrected chi connectivity index (χ2v) is 7.85. The zero-order valence-electron chi connectivity index (χ0n) is 14.8. The number of rotatable bonds is 6. The van der Waals surface area contributed by atoms with Crippen LogP contribution >= 0.6 is 0 Å². The van der Waals surface area contributed by atoms with Crippen LogP contribution < -0.4 is 10.6 Å². The van der Waals surface area contributed by atoms with Crippen molar-refractivity contribution < 1.29 is 18.0 Å². The monoisotopic (exact) mass is 375 g/mol. The number of likely N-dealkylation sites (N-methyl/N-ethyl adjacent to an activating group) is 1. The normalized spacial score (nSPS) is 11.2. The SMILES string of the molecule is CC(=O)Nc1ccc(C)c(S(=O)(=O)N(C)CC(=O)Nc2ccccc2)c1. The highest BCUT2D eigenvalue weighted by Gasteiger charge is 2.25. The molecule has 8 heteroatoms. The molecule has 0 atom stereocenters. The van der Waals surface area contributed by atoms with Crippen LogP contribution in [0.25, 0.3) is 0 Å². The molecule has 0 unspecified atom stereocenters. The van der Waals surface area contributed by atoms with E-state index in [0.717, 1.165) is 4.31 Å². The average molecular weight is 375 g/mol. The number of carbonyl (C=O) groups excluding carboxylic acids is 2. The first-order valence-corrected chi connectivity index (χ1v) is 9.33. The molecule has 26 heavy (non-hydrogen) atoms. The Kier molecular flexibility index (Phi) is 6.12. The third kappa shape index (κ3) is 4.90. The van der Waals surface area contributed by atoms with Crippen LogP contribution in [0.3, 0.4) is 0 Å². The van der Waals surface area contributed by atoms with Gasteiger partial charge in [-0.2, -0.15) is 4.31 Å². The largest absolute Gasteiger partial charge is 0.326 e. The number of anilines is 2. The first-order chi connectivity index (χ1) is 12.2. The molecule has 0 saturated carbocycles. The predicted octanol–water partition coefficient (Wildman–Crippen LogP) is 2.21. The number of nitrogens with one attached hydrogen (secondary N) is 2. The van der Waals surface area contributed by atoms with E-state index in [0.29, 0.717) is 16.9 Å². The minimum atomic E-state index is -3.89. The third-order valence-corrected chi connectivity index (χ3v) is 5.57. The van der Waals surface area contributed by atoms with E-state index in [2.05, 4.69) is 10.6 Å². The van der Waals surface area contributed by atoms with Crippen LogP contribution in [-0.4, -0.2) is 38.1 Å². The fourth-order valence-electron chi connectivity index (χ4n) is 2.34. The van der Waals surface area contributed by atoms with Crippen LogP contribution in [0.2, 0.25) is 0 Å². The Morgan fingerprint density at radius 2 is 1.65 bits per heavy atom. The van der Waals surface area contributed by atoms with Gasteiger partial charge in [0.1, 0.15) is 0 Å². The van der Waals surface area contributed by atoms with Gasteiger partial charge in [0.05, 0.1) is 11.4 Å². The smallest absolute Gasteiger partial charge is 0.243 e. The van der Waals surface area contributed by atoms with Gasteiger partial charge in [0.15, 0.2) is 0 Å². The minimum absolute atomic E-state index is 0.0405. The molecule has 2 N–H and O–H groups in total. The summed E-state index contributed by atoms with van der Waals surface area (Å²) in [6.07, 6.45) is 0. The van der Waals surface area contributed by atoms with Crippen molar-refractivity contribution in [2.75, 3.05) is 24.2 Å². The van der Waals surface area contributed by atoms with E-state index in [-0.39, 0.29) is 17.3 Å². The summed E-state index contributed by atoms with van der Waals surface area (Å²) in [6.45, 7) is 2.66. The summed E-state index contributed by atoms with van der Waals surface area (Å²) in [6, 6.07) is 13.4. The molecule has 138 valence electrons. The van der Waals surface area contributed by atoms with Crippen molar-refractivity contribution in [3.63, 3.8) is 0 Å². The zero-order chi connectivity index (χ0) is 19.3. The predicted molar refractivity (Wildman–Crippen MR) is 100 cm³/mol. The van der Waals surface area contributed by atoms with E-state index in [1.165, 1.54) is 20.0 Å². The summed E-state index contributed by atoms with van der Waals surface area (Å²) in [5.41, 5.74) is 1.49. The number of hydrogen-bond donors (Lipinski definition) is 2. The second-order valence-electron chi connectivity index (χ2n) is 5.84. The molecule has 0 spiro atoms. The number of hydrogen-bond acceptors (Lipinski definition) is 4. The lowest BCUT2D eigenvalue weighted by atomic mass is 10.2. The van der Waals surface area contributed by atoms with Crippen molar-refractivity contribution in [2.24, 2.45) is 0 Å². The van der Waals surface area contributed by atoms with Gasteiger partial charge in [-0.15, -0.1) is 0 Å². The minimum Gasteiger partial charge on any atom is -0.326 e. The fourth-order valence-corrected chi connectivity index (χ4v) is 3.71. The van der Waals surface area contributed by atoms with Gasteiger partial charge in [0.25, 0.3) is 0 Å². The molecule has 0 aliphatic carbocycles. The molecule has 0 aromatic heterocycles. The molecule has 7 nitrogen and oxygen atoms in total. The molecule has 2 aromatic carbocycles. The first kappa shape index (κ1) is 19.6. The molecular weight excluding hydrogens is 354 g/mol. The molecular formula is C18H21N3O4S. The molecule has 0 bridgehead atoms. The maximum Gasteiger partial charge on any atom is 0.243 e. The van der Waals surface area contributed by atoms with Crippen molar-refractivity contribution in [1.82, 2.24) is 4.31 Å². The first-order valence-electron chi connectivity index (χ1n) is 7.89. The Bertz CT molecular complexity index is 911. The standard InChI is InChI=1S/C18H21N3O4S/c1-13-9-10-16(19-14(2)22)11-17(13)26(24,25)21(3)12-18(23)20-15-7-5-4-6-8-15/h4-11H,12H2,1-3H3,(H,19,22)(H,20,23). The van der Waals surface area contributed by atoms with Crippen molar-refractivity contribution >= 4 is 33.2 Å². The highest BCUT2D eigenvalue weighted by atomic mass is 32.2. The molecule has 2 aromatic rings. The Hall–Kier alpha value is -2.71. The van der Waals surface area contributed by atoms with Gasteiger partial charge >= 0.3 is 0 Å². The summed E-state index contributed by atoms with van der Waals surface area (Å²) in [5.74, 6) is -0.745. The number of para-hydroxylation sites is 1. The lowest BCUT2D eigenvalue weighted by Gasteiger charge is -2.19. The Balaban J connectivity index is 2.18. The van der Waals surface area contributed by atoms with Crippen LogP contribution in [0, 0.1) is 6.92 Å². The lowest BCUT2D eigenvalue weighted by Crippen LogP contribution is -2.35. The summed E-state index contributed by atoms with van der Waals surface area (Å²) in [7, 11) is -2.56. The molecule has 0 aliphatic rings. The van der Waals surface area contributed by atoms with E-state index in [1.807, 2.05) is 6.07 Å². The Labute approximate surface area is 153 Å². The van der Waals surface area contributed by atoms with Gasteiger partial charge in [-0.05, 0) is 36.8 Å². The van der Waals surface area contributed by atoms with Crippen LogP contribution in [0.15, 0.2) is 53.4 Å².